The van der Waals surface area contributed by atoms with Gasteiger partial charge in [-0.15, -0.1) is 0 Å². The Balaban J connectivity index is 1.52. The lowest BCUT2D eigenvalue weighted by molar-refractivity contribution is -0.118. The highest BCUT2D eigenvalue weighted by molar-refractivity contribution is 9.10. The van der Waals surface area contributed by atoms with Crippen molar-refractivity contribution in [2.24, 2.45) is 0 Å². The standard InChI is InChI=1S/C29H27BrN2O4/c1-32(27(34)16-17-31-19-21-6-4-3-5-7-21)28-24-18-22(30)11-15-26(24)36-29(28)25(33)14-10-20-8-12-23(35-2)13-9-20/h3-15,18,31H,16-17,19H2,1-2H3/b14-10+. The molecule has 0 saturated heterocycles. The Labute approximate surface area is 218 Å². The number of methoxy groups -OCH3 is 1. The SMILES string of the molecule is COc1ccc(/C=C/C(=O)c2oc3ccc(Br)cc3c2N(C)C(=O)CCNCc2ccccc2)cc1. The summed E-state index contributed by atoms with van der Waals surface area (Å²) in [6, 6.07) is 22.9. The molecule has 0 spiro atoms. The van der Waals surface area contributed by atoms with Gasteiger partial charge in [-0.25, -0.2) is 0 Å². The molecule has 0 bridgehead atoms. The van der Waals surface area contributed by atoms with E-state index in [0.29, 0.717) is 29.7 Å². The average Bonchev–Trinajstić information content (AvgIpc) is 3.28. The molecule has 0 atom stereocenters. The maximum atomic E-state index is 13.2. The normalized spacial score (nSPS) is 11.2. The molecule has 1 heterocycles. The first-order valence-corrected chi connectivity index (χ1v) is 12.4. The molecule has 0 fully saturated rings. The summed E-state index contributed by atoms with van der Waals surface area (Å²) in [6.07, 6.45) is 3.45. The second kappa shape index (κ2) is 11.8. The van der Waals surface area contributed by atoms with Crippen molar-refractivity contribution in [2.75, 3.05) is 25.6 Å². The molecule has 1 N–H and O–H groups in total. The highest BCUT2D eigenvalue weighted by atomic mass is 79.9. The van der Waals surface area contributed by atoms with Gasteiger partial charge in [0.1, 0.15) is 17.0 Å². The van der Waals surface area contributed by atoms with Crippen LogP contribution in [0.2, 0.25) is 0 Å². The van der Waals surface area contributed by atoms with E-state index in [9.17, 15) is 9.59 Å². The first-order chi connectivity index (χ1) is 17.5. The summed E-state index contributed by atoms with van der Waals surface area (Å²) >= 11 is 3.48. The van der Waals surface area contributed by atoms with E-state index in [1.54, 1.807) is 26.3 Å². The number of furan rings is 1. The number of benzene rings is 3. The number of nitrogens with one attached hydrogen (secondary N) is 1. The van der Waals surface area contributed by atoms with Crippen molar-refractivity contribution in [3.05, 3.63) is 100 Å². The molecule has 0 unspecified atom stereocenters. The Morgan fingerprint density at radius 1 is 1.06 bits per heavy atom. The molecule has 3 aromatic carbocycles. The van der Waals surface area contributed by atoms with Gasteiger partial charge >= 0.3 is 0 Å². The molecule has 184 valence electrons. The van der Waals surface area contributed by atoms with Crippen molar-refractivity contribution in [3.8, 4) is 5.75 Å². The molecule has 0 saturated carbocycles. The van der Waals surface area contributed by atoms with Crippen LogP contribution in [-0.2, 0) is 11.3 Å². The van der Waals surface area contributed by atoms with E-state index < -0.39 is 0 Å². The van der Waals surface area contributed by atoms with Crippen molar-refractivity contribution in [1.82, 2.24) is 5.32 Å². The molecule has 0 radical (unpaired) electrons. The smallest absolute Gasteiger partial charge is 0.228 e. The number of hydrogen-bond donors (Lipinski definition) is 1. The number of hydrogen-bond acceptors (Lipinski definition) is 5. The first kappa shape index (κ1) is 25.4. The fraction of sp³-hybridized carbons (Fsp3) is 0.172. The van der Waals surface area contributed by atoms with Crippen molar-refractivity contribution in [1.29, 1.82) is 0 Å². The predicted octanol–water partition coefficient (Wildman–Crippen LogP) is 6.24. The maximum Gasteiger partial charge on any atom is 0.228 e. The van der Waals surface area contributed by atoms with E-state index in [0.717, 1.165) is 21.3 Å². The molecule has 7 heteroatoms. The number of ketones is 1. The fourth-order valence-corrected chi connectivity index (χ4v) is 4.20. The molecule has 6 nitrogen and oxygen atoms in total. The Morgan fingerprint density at radius 2 is 1.81 bits per heavy atom. The third kappa shape index (κ3) is 6.11. The number of carbonyl (C=O) groups is 2. The van der Waals surface area contributed by atoms with Crippen LogP contribution in [0.1, 0.15) is 28.1 Å². The molecule has 0 aliphatic carbocycles. The summed E-state index contributed by atoms with van der Waals surface area (Å²) in [5.74, 6) is 0.421. The van der Waals surface area contributed by atoms with Gasteiger partial charge in [-0.2, -0.15) is 0 Å². The number of fused-ring (bicyclic) bond motifs is 1. The number of rotatable bonds is 10. The number of nitrogens with zero attached hydrogens (tertiary/aromatic N) is 1. The minimum atomic E-state index is -0.324. The Morgan fingerprint density at radius 3 is 2.53 bits per heavy atom. The monoisotopic (exact) mass is 546 g/mol. The Hall–Kier alpha value is -3.68. The Kier molecular flexibility index (Phi) is 8.36. The molecule has 1 aromatic heterocycles. The number of allylic oxidation sites excluding steroid dienone is 1. The first-order valence-electron chi connectivity index (χ1n) is 11.6. The number of carbonyl (C=O) groups excluding carboxylic acids is 2. The number of amides is 1. The van der Waals surface area contributed by atoms with Crippen LogP contribution in [-0.4, -0.2) is 32.4 Å². The maximum absolute atomic E-state index is 13.2. The fourth-order valence-electron chi connectivity index (χ4n) is 3.84. The van der Waals surface area contributed by atoms with Crippen molar-refractivity contribution < 1.29 is 18.7 Å². The highest BCUT2D eigenvalue weighted by Crippen LogP contribution is 2.36. The van der Waals surface area contributed by atoms with E-state index in [1.807, 2.05) is 66.7 Å². The molecule has 0 aliphatic rings. The van der Waals surface area contributed by atoms with Crippen LogP contribution in [0, 0.1) is 0 Å². The van der Waals surface area contributed by atoms with E-state index >= 15 is 0 Å². The lowest BCUT2D eigenvalue weighted by atomic mass is 10.1. The zero-order chi connectivity index (χ0) is 25.5. The van der Waals surface area contributed by atoms with Gasteiger partial charge in [0.15, 0.2) is 5.76 Å². The summed E-state index contributed by atoms with van der Waals surface area (Å²) in [4.78, 5) is 27.8. The molecule has 0 aliphatic heterocycles. The zero-order valence-corrected chi connectivity index (χ0v) is 21.7. The molecular weight excluding hydrogens is 520 g/mol. The minimum Gasteiger partial charge on any atom is -0.497 e. The van der Waals surface area contributed by atoms with Gasteiger partial charge < -0.3 is 19.4 Å². The third-order valence-electron chi connectivity index (χ3n) is 5.79. The van der Waals surface area contributed by atoms with Crippen LogP contribution in [0.5, 0.6) is 5.75 Å². The molecule has 4 aromatic rings. The van der Waals surface area contributed by atoms with Crippen molar-refractivity contribution in [2.45, 2.75) is 13.0 Å². The average molecular weight is 547 g/mol. The summed E-state index contributed by atoms with van der Waals surface area (Å²) < 4.78 is 12.0. The molecule has 4 rings (SSSR count). The lowest BCUT2D eigenvalue weighted by Crippen LogP contribution is -2.30. The van der Waals surface area contributed by atoms with Gasteiger partial charge in [0.05, 0.1) is 7.11 Å². The topological polar surface area (TPSA) is 71.8 Å². The minimum absolute atomic E-state index is 0.119. The van der Waals surface area contributed by atoms with Crippen molar-refractivity contribution in [3.63, 3.8) is 0 Å². The molecular formula is C29H27BrN2O4. The van der Waals surface area contributed by atoms with Crippen LogP contribution in [0.15, 0.2) is 87.8 Å². The predicted molar refractivity (Wildman–Crippen MR) is 146 cm³/mol. The second-order valence-electron chi connectivity index (χ2n) is 8.26. The van der Waals surface area contributed by atoms with Crippen LogP contribution < -0.4 is 15.0 Å². The third-order valence-corrected chi connectivity index (χ3v) is 6.28. The largest absolute Gasteiger partial charge is 0.497 e. The number of halogens is 1. The molecule has 1 amide bonds. The highest BCUT2D eigenvalue weighted by Gasteiger charge is 2.25. The van der Waals surface area contributed by atoms with Crippen LogP contribution in [0.25, 0.3) is 17.0 Å². The van der Waals surface area contributed by atoms with Gasteiger partial charge in [-0.1, -0.05) is 64.5 Å². The van der Waals surface area contributed by atoms with Crippen LogP contribution in [0.4, 0.5) is 5.69 Å². The number of anilines is 1. The van der Waals surface area contributed by atoms with E-state index in [4.69, 9.17) is 9.15 Å². The van der Waals surface area contributed by atoms with E-state index in [2.05, 4.69) is 21.2 Å². The zero-order valence-electron chi connectivity index (χ0n) is 20.2. The summed E-state index contributed by atoms with van der Waals surface area (Å²) in [5, 5.41) is 3.99. The lowest BCUT2D eigenvalue weighted by Gasteiger charge is -2.17. The quantitative estimate of drug-likeness (QED) is 0.145. The van der Waals surface area contributed by atoms with E-state index in [-0.39, 0.29) is 23.9 Å². The van der Waals surface area contributed by atoms with Crippen molar-refractivity contribution >= 4 is 50.4 Å². The summed E-state index contributed by atoms with van der Waals surface area (Å²) in [5.41, 5.74) is 3.00. The van der Waals surface area contributed by atoms with Crippen LogP contribution >= 0.6 is 15.9 Å². The van der Waals surface area contributed by atoms with Gasteiger partial charge in [-0.3, -0.25) is 9.59 Å². The summed E-state index contributed by atoms with van der Waals surface area (Å²) in [7, 11) is 3.28. The van der Waals surface area contributed by atoms with Gasteiger partial charge in [0.25, 0.3) is 0 Å². The second-order valence-corrected chi connectivity index (χ2v) is 9.17. The van der Waals surface area contributed by atoms with Gasteiger partial charge in [-0.05, 0) is 47.5 Å². The summed E-state index contributed by atoms with van der Waals surface area (Å²) in [6.45, 7) is 1.19. The Bertz CT molecular complexity index is 1380. The number of ether oxygens (including phenoxy) is 1. The molecule has 36 heavy (non-hydrogen) atoms. The van der Waals surface area contributed by atoms with E-state index in [1.165, 1.54) is 11.0 Å². The van der Waals surface area contributed by atoms with Gasteiger partial charge in [0, 0.05) is 36.4 Å². The van der Waals surface area contributed by atoms with Gasteiger partial charge in [0.2, 0.25) is 11.7 Å². The van der Waals surface area contributed by atoms with Crippen LogP contribution in [0.3, 0.4) is 0 Å².